The summed E-state index contributed by atoms with van der Waals surface area (Å²) in [6, 6.07) is 11.7. The van der Waals surface area contributed by atoms with Crippen LogP contribution >= 0.6 is 39.0 Å². The number of thiazole rings is 1. The number of nitrogens with zero attached hydrogens (tertiary/aromatic N) is 4. The molecule has 4 aromatic rings. The molecule has 0 spiro atoms. The van der Waals surface area contributed by atoms with Gasteiger partial charge in [0.2, 0.25) is 0 Å². The van der Waals surface area contributed by atoms with Crippen LogP contribution in [0.5, 0.6) is 0 Å². The molecule has 1 fully saturated rings. The molecular formula is C26H19BrN4O7S2. The van der Waals surface area contributed by atoms with E-state index in [1.165, 1.54) is 64.6 Å². The highest BCUT2D eigenvalue weighted by Crippen LogP contribution is 2.58. The van der Waals surface area contributed by atoms with Crippen LogP contribution in [0.4, 0.5) is 5.69 Å². The number of nitro benzene ring substituents is 1. The van der Waals surface area contributed by atoms with Crippen LogP contribution < -0.4 is 0 Å². The number of hydrogen-bond donors (Lipinski definition) is 0. The quantitative estimate of drug-likeness (QED) is 0.0897. The molecule has 6 rings (SSSR count). The number of fused-ring (bicyclic) bond motifs is 4. The van der Waals surface area contributed by atoms with Gasteiger partial charge in [-0.15, -0.1) is 11.8 Å². The van der Waals surface area contributed by atoms with E-state index in [0.717, 1.165) is 15.8 Å². The third-order valence-corrected chi connectivity index (χ3v) is 10.3. The van der Waals surface area contributed by atoms with Crippen molar-refractivity contribution >= 4 is 77.7 Å². The lowest BCUT2D eigenvalue weighted by molar-refractivity contribution is -0.384. The van der Waals surface area contributed by atoms with Gasteiger partial charge in [-0.3, -0.25) is 29.0 Å². The highest BCUT2D eigenvalue weighted by atomic mass is 79.9. The molecule has 0 saturated carbocycles. The van der Waals surface area contributed by atoms with Crippen LogP contribution in [0.15, 0.2) is 59.8 Å². The molecule has 1 saturated heterocycles. The fourth-order valence-electron chi connectivity index (χ4n) is 4.70. The van der Waals surface area contributed by atoms with E-state index in [-0.39, 0.29) is 18.0 Å². The lowest BCUT2D eigenvalue weighted by atomic mass is 9.89. The average Bonchev–Trinajstić information content (AvgIpc) is 3.61. The second kappa shape index (κ2) is 9.71. The molecule has 2 aromatic heterocycles. The Morgan fingerprint density at radius 2 is 2.00 bits per heavy atom. The molecule has 14 heteroatoms. The average molecular weight is 643 g/mol. The van der Waals surface area contributed by atoms with Gasteiger partial charge in [0.25, 0.3) is 11.6 Å². The zero-order valence-corrected chi connectivity index (χ0v) is 24.1. The predicted octanol–water partition coefficient (Wildman–Crippen LogP) is 5.00. The summed E-state index contributed by atoms with van der Waals surface area (Å²) < 4.78 is 12.6. The number of non-ortho nitro benzene ring substituents is 1. The van der Waals surface area contributed by atoms with Crippen LogP contribution in [0, 0.1) is 17.0 Å². The topological polar surface area (TPSA) is 133 Å². The summed E-state index contributed by atoms with van der Waals surface area (Å²) in [5, 5.41) is 11.8. The summed E-state index contributed by atoms with van der Waals surface area (Å²) in [6.07, 6.45) is 0.713. The minimum Gasteiger partial charge on any atom is -0.456 e. The number of carbonyl (C=O) groups is 3. The molecule has 2 aliphatic rings. The van der Waals surface area contributed by atoms with Gasteiger partial charge >= 0.3 is 11.9 Å². The van der Waals surface area contributed by atoms with Gasteiger partial charge in [0, 0.05) is 30.7 Å². The highest BCUT2D eigenvalue weighted by molar-refractivity contribution is 9.10. The molecule has 204 valence electrons. The van der Waals surface area contributed by atoms with Crippen molar-refractivity contribution < 1.29 is 28.8 Å². The number of amides is 1. The summed E-state index contributed by atoms with van der Waals surface area (Å²) in [5.74, 6) is -1.76. The molecule has 0 radical (unpaired) electrons. The molecule has 0 aliphatic carbocycles. The van der Waals surface area contributed by atoms with Crippen LogP contribution in [-0.2, 0) is 30.5 Å². The summed E-state index contributed by atoms with van der Waals surface area (Å²) in [6.45, 7) is 3.15. The van der Waals surface area contributed by atoms with E-state index < -0.39 is 38.6 Å². The molecule has 11 nitrogen and oxygen atoms in total. The molecule has 2 aromatic carbocycles. The van der Waals surface area contributed by atoms with E-state index in [1.54, 1.807) is 6.20 Å². The van der Waals surface area contributed by atoms with Crippen molar-refractivity contribution in [3.05, 3.63) is 86.7 Å². The molecule has 1 amide bonds. The zero-order valence-electron chi connectivity index (χ0n) is 20.9. The van der Waals surface area contributed by atoms with Crippen molar-refractivity contribution in [2.75, 3.05) is 0 Å². The summed E-state index contributed by atoms with van der Waals surface area (Å²) in [7, 11) is 0. The second-order valence-electron chi connectivity index (χ2n) is 9.32. The minimum absolute atomic E-state index is 0.0609. The number of esters is 2. The predicted molar refractivity (Wildman–Crippen MR) is 151 cm³/mol. The van der Waals surface area contributed by atoms with Crippen molar-refractivity contribution in [3.63, 3.8) is 0 Å². The van der Waals surface area contributed by atoms with E-state index >= 15 is 0 Å². The number of aryl methyl sites for hydroxylation is 1. The van der Waals surface area contributed by atoms with E-state index in [2.05, 4.69) is 22.0 Å². The minimum atomic E-state index is -1.36. The maximum Gasteiger partial charge on any atom is 0.355 e. The van der Waals surface area contributed by atoms with Gasteiger partial charge in [0.15, 0.2) is 15.4 Å². The summed E-state index contributed by atoms with van der Waals surface area (Å²) in [5.41, 5.74) is 3.03. The third-order valence-electron chi connectivity index (χ3n) is 6.64. The van der Waals surface area contributed by atoms with Crippen LogP contribution in [0.25, 0.3) is 15.2 Å². The van der Waals surface area contributed by atoms with Crippen LogP contribution in [0.2, 0.25) is 0 Å². The number of nitro groups is 1. The largest absolute Gasteiger partial charge is 0.456 e. The van der Waals surface area contributed by atoms with Crippen LogP contribution in [0.3, 0.4) is 0 Å². The summed E-state index contributed by atoms with van der Waals surface area (Å²) >= 11 is 6.29. The third kappa shape index (κ3) is 4.17. The number of carbonyl (C=O) groups excluding carboxylic acids is 3. The Kier molecular flexibility index (Phi) is 6.43. The molecule has 4 heterocycles. The van der Waals surface area contributed by atoms with Gasteiger partial charge < -0.3 is 9.47 Å². The van der Waals surface area contributed by atoms with Gasteiger partial charge in [0.1, 0.15) is 23.4 Å². The van der Waals surface area contributed by atoms with Gasteiger partial charge in [-0.1, -0.05) is 33.3 Å². The van der Waals surface area contributed by atoms with E-state index in [1.807, 2.05) is 23.5 Å². The van der Waals surface area contributed by atoms with Gasteiger partial charge in [-0.25, -0.2) is 9.78 Å². The molecule has 0 N–H and O–H groups in total. The molecule has 40 heavy (non-hydrogen) atoms. The Bertz CT molecular complexity index is 1770. The normalized spacial score (nSPS) is 20.7. The standard InChI is InChI=1S/C26H19BrN4O7S2/c1-13-3-8-18-20(9-13)40-25-28-17(10-29(18)25)21(38-14(2)32)26(27)23(34)30-19(12-39-24(26)30)22(33)37-11-15-4-6-16(7-5-15)31(35)36/h3-10,12,21,24H,11H2,1-2H3. The number of rotatable bonds is 7. The van der Waals surface area contributed by atoms with Gasteiger partial charge in [-0.05, 0) is 42.3 Å². The monoisotopic (exact) mass is 642 g/mol. The molecule has 0 bridgehead atoms. The van der Waals surface area contributed by atoms with Crippen molar-refractivity contribution in [2.45, 2.75) is 36.3 Å². The van der Waals surface area contributed by atoms with Gasteiger partial charge in [0.05, 0.1) is 15.1 Å². The second-order valence-corrected chi connectivity index (χ2v) is 12.6. The van der Waals surface area contributed by atoms with Crippen LogP contribution in [-0.4, -0.2) is 46.8 Å². The van der Waals surface area contributed by atoms with Crippen molar-refractivity contribution in [1.29, 1.82) is 0 Å². The number of alkyl halides is 1. The first-order chi connectivity index (χ1) is 19.1. The molecule has 3 unspecified atom stereocenters. The van der Waals surface area contributed by atoms with E-state index in [0.29, 0.717) is 16.2 Å². The smallest absolute Gasteiger partial charge is 0.355 e. The maximum atomic E-state index is 13.6. The number of aromatic nitrogens is 2. The number of imidazole rings is 1. The number of halogens is 1. The Morgan fingerprint density at radius 1 is 1.25 bits per heavy atom. The number of thioether (sulfide) groups is 1. The molecular weight excluding hydrogens is 624 g/mol. The van der Waals surface area contributed by atoms with Crippen molar-refractivity contribution in [3.8, 4) is 0 Å². The first-order valence-electron chi connectivity index (χ1n) is 11.9. The number of hydrogen-bond acceptors (Lipinski definition) is 10. The Hall–Kier alpha value is -3.75. The van der Waals surface area contributed by atoms with Crippen molar-refractivity contribution in [2.24, 2.45) is 0 Å². The fraction of sp³-hybridized carbons (Fsp3) is 0.231. The lowest BCUT2D eigenvalue weighted by Crippen LogP contribution is -2.70. The lowest BCUT2D eigenvalue weighted by Gasteiger charge is -2.51. The van der Waals surface area contributed by atoms with Crippen molar-refractivity contribution in [1.82, 2.24) is 14.3 Å². The van der Waals surface area contributed by atoms with Gasteiger partial charge in [-0.2, -0.15) is 0 Å². The number of β-lactam (4-membered cyclic amide) rings is 1. The Balaban J connectivity index is 1.22. The van der Waals surface area contributed by atoms with E-state index in [4.69, 9.17) is 14.5 Å². The van der Waals surface area contributed by atoms with E-state index in [9.17, 15) is 24.5 Å². The Morgan fingerprint density at radius 3 is 2.70 bits per heavy atom. The summed E-state index contributed by atoms with van der Waals surface area (Å²) in [4.78, 5) is 55.6. The maximum absolute atomic E-state index is 13.6. The van der Waals surface area contributed by atoms with Crippen LogP contribution in [0.1, 0.15) is 29.8 Å². The SMILES string of the molecule is CC(=O)OC(c1cn2c(n1)sc1cc(C)ccc12)C1(Br)C(=O)N2C(C(=O)OCc3ccc([N+](=O)[O-])cc3)=CSC21. The first-order valence-corrected chi connectivity index (χ1v) is 14.5. The molecule has 3 atom stereocenters. The zero-order chi connectivity index (χ0) is 28.3. The number of ether oxygens (including phenoxy) is 2. The number of benzene rings is 2. The molecule has 2 aliphatic heterocycles. The fourth-order valence-corrected chi connectivity index (χ4v) is 8.09. The Labute approximate surface area is 243 Å². The first kappa shape index (κ1) is 26.5. The highest BCUT2D eigenvalue weighted by Gasteiger charge is 2.69.